The largest absolute Gasteiger partial charge is 0.372 e. The summed E-state index contributed by atoms with van der Waals surface area (Å²) in [6.07, 6.45) is 0. The predicted octanol–water partition coefficient (Wildman–Crippen LogP) is -0.763. The molecule has 1 atom stereocenters. The van der Waals surface area contributed by atoms with E-state index in [4.69, 9.17) is 0 Å². The Morgan fingerprint density at radius 1 is 1.45 bits per heavy atom. The minimum atomic E-state index is -0.980. The topological polar surface area (TPSA) is 52.2 Å². The van der Waals surface area contributed by atoms with Gasteiger partial charge in [0.25, 0.3) is 0 Å². The predicted molar refractivity (Wildman–Crippen MR) is 39.6 cm³/mol. The molecule has 0 aromatic carbocycles. The lowest BCUT2D eigenvalue weighted by Crippen LogP contribution is -2.49. The van der Waals surface area contributed by atoms with Gasteiger partial charge in [-0.3, -0.25) is 4.90 Å². The lowest BCUT2D eigenvalue weighted by Gasteiger charge is -2.29. The molecule has 1 radical (unpaired) electrons. The fraction of sp³-hybridized carbons (Fsp3) is 0.857. The van der Waals surface area contributed by atoms with Crippen LogP contribution in [-0.2, 0) is 9.90 Å². The SMILES string of the molecule is CC(C([O])=O)N1CCNCC1. The Hall–Kier alpha value is -0.610. The van der Waals surface area contributed by atoms with E-state index in [1.165, 1.54) is 0 Å². The maximum Gasteiger partial charge on any atom is 0.372 e. The summed E-state index contributed by atoms with van der Waals surface area (Å²) in [6.45, 7) is 5.01. The van der Waals surface area contributed by atoms with Crippen molar-refractivity contribution in [2.24, 2.45) is 0 Å². The zero-order valence-electron chi connectivity index (χ0n) is 6.67. The van der Waals surface area contributed by atoms with Gasteiger partial charge in [-0.05, 0) is 6.92 Å². The first-order valence-electron chi connectivity index (χ1n) is 3.87. The summed E-state index contributed by atoms with van der Waals surface area (Å²) in [5, 5.41) is 13.6. The first-order valence-corrected chi connectivity index (χ1v) is 3.87. The van der Waals surface area contributed by atoms with Gasteiger partial charge in [0, 0.05) is 26.2 Å². The third kappa shape index (κ3) is 2.17. The van der Waals surface area contributed by atoms with Crippen LogP contribution in [0.15, 0.2) is 0 Å². The fourth-order valence-electron chi connectivity index (χ4n) is 1.22. The molecule has 4 nitrogen and oxygen atoms in total. The number of rotatable bonds is 2. The third-order valence-electron chi connectivity index (χ3n) is 2.04. The van der Waals surface area contributed by atoms with Crippen molar-refractivity contribution in [2.75, 3.05) is 26.2 Å². The fourth-order valence-corrected chi connectivity index (χ4v) is 1.22. The summed E-state index contributed by atoms with van der Waals surface area (Å²) >= 11 is 0. The molecule has 11 heavy (non-hydrogen) atoms. The highest BCUT2D eigenvalue weighted by Crippen LogP contribution is 2.00. The molecule has 0 spiro atoms. The Kier molecular flexibility index (Phi) is 2.84. The summed E-state index contributed by atoms with van der Waals surface area (Å²) in [5.41, 5.74) is 0. The van der Waals surface area contributed by atoms with Crippen LogP contribution >= 0.6 is 0 Å². The molecule has 1 saturated heterocycles. The third-order valence-corrected chi connectivity index (χ3v) is 2.04. The van der Waals surface area contributed by atoms with Gasteiger partial charge < -0.3 is 5.32 Å². The minimum Gasteiger partial charge on any atom is -0.314 e. The molecular formula is C7H13N2O2. The maximum absolute atomic E-state index is 10.4. The van der Waals surface area contributed by atoms with Gasteiger partial charge in [0.1, 0.15) is 6.04 Å². The van der Waals surface area contributed by atoms with Gasteiger partial charge in [-0.25, -0.2) is 9.90 Å². The van der Waals surface area contributed by atoms with Crippen LogP contribution in [0.25, 0.3) is 0 Å². The molecule has 1 fully saturated rings. The molecule has 63 valence electrons. The Labute approximate surface area is 66.2 Å². The van der Waals surface area contributed by atoms with Crippen LogP contribution < -0.4 is 5.32 Å². The van der Waals surface area contributed by atoms with Crippen LogP contribution in [0.1, 0.15) is 6.92 Å². The van der Waals surface area contributed by atoms with Gasteiger partial charge in [0.15, 0.2) is 0 Å². The average molecular weight is 157 g/mol. The average Bonchev–Trinajstić information content (AvgIpc) is 2.05. The lowest BCUT2D eigenvalue weighted by molar-refractivity contribution is -0.149. The molecule has 0 aliphatic carbocycles. The monoisotopic (exact) mass is 157 g/mol. The number of nitrogens with one attached hydrogen (secondary N) is 1. The van der Waals surface area contributed by atoms with E-state index in [9.17, 15) is 9.90 Å². The number of piperazine rings is 1. The summed E-state index contributed by atoms with van der Waals surface area (Å²) in [5.74, 6) is -0.980. The molecule has 1 unspecified atom stereocenters. The van der Waals surface area contributed by atoms with Gasteiger partial charge in [-0.1, -0.05) is 0 Å². The van der Waals surface area contributed by atoms with E-state index >= 15 is 0 Å². The molecule has 0 amide bonds. The molecule has 1 heterocycles. The summed E-state index contributed by atoms with van der Waals surface area (Å²) in [4.78, 5) is 12.3. The van der Waals surface area contributed by atoms with Crippen LogP contribution in [0.2, 0.25) is 0 Å². The van der Waals surface area contributed by atoms with Gasteiger partial charge in [0.05, 0.1) is 0 Å². The molecule has 1 rings (SSSR count). The van der Waals surface area contributed by atoms with E-state index in [1.54, 1.807) is 6.92 Å². The van der Waals surface area contributed by atoms with E-state index in [-0.39, 0.29) is 0 Å². The Morgan fingerprint density at radius 3 is 2.45 bits per heavy atom. The van der Waals surface area contributed by atoms with Crippen molar-refractivity contribution in [3.05, 3.63) is 0 Å². The molecule has 1 aliphatic heterocycles. The molecular weight excluding hydrogens is 144 g/mol. The quantitative estimate of drug-likeness (QED) is 0.573. The van der Waals surface area contributed by atoms with Crippen molar-refractivity contribution in [2.45, 2.75) is 13.0 Å². The van der Waals surface area contributed by atoms with Crippen LogP contribution in [0, 0.1) is 0 Å². The number of hydrogen-bond donors (Lipinski definition) is 1. The standard InChI is InChI=1S/C7H13N2O2/c1-6(7(10)11)9-4-2-8-3-5-9/h6,8H,2-5H2,1H3. The van der Waals surface area contributed by atoms with Crippen molar-refractivity contribution < 1.29 is 9.90 Å². The molecule has 0 bridgehead atoms. The second-order valence-corrected chi connectivity index (χ2v) is 2.78. The van der Waals surface area contributed by atoms with E-state index in [0.29, 0.717) is 0 Å². The highest BCUT2D eigenvalue weighted by molar-refractivity contribution is 5.72. The molecule has 0 saturated carbocycles. The van der Waals surface area contributed by atoms with E-state index in [1.807, 2.05) is 4.90 Å². The molecule has 4 heteroatoms. The molecule has 1 N–H and O–H groups in total. The summed E-state index contributed by atoms with van der Waals surface area (Å²) < 4.78 is 0. The smallest absolute Gasteiger partial charge is 0.314 e. The maximum atomic E-state index is 10.4. The molecule has 0 aromatic heterocycles. The normalized spacial score (nSPS) is 23.0. The van der Waals surface area contributed by atoms with Crippen molar-refractivity contribution in [1.29, 1.82) is 0 Å². The van der Waals surface area contributed by atoms with Crippen molar-refractivity contribution in [3.63, 3.8) is 0 Å². The first-order chi connectivity index (χ1) is 5.22. The first kappa shape index (κ1) is 8.49. The Morgan fingerprint density at radius 2 is 2.00 bits per heavy atom. The van der Waals surface area contributed by atoms with Crippen molar-refractivity contribution in [1.82, 2.24) is 10.2 Å². The van der Waals surface area contributed by atoms with Crippen molar-refractivity contribution in [3.8, 4) is 0 Å². The molecule has 0 aromatic rings. The minimum absolute atomic E-state index is 0.447. The second kappa shape index (κ2) is 3.69. The van der Waals surface area contributed by atoms with E-state index in [0.717, 1.165) is 26.2 Å². The Bertz CT molecular complexity index is 143. The summed E-state index contributed by atoms with van der Waals surface area (Å²) in [6, 6.07) is -0.447. The van der Waals surface area contributed by atoms with Crippen LogP contribution in [0.3, 0.4) is 0 Å². The van der Waals surface area contributed by atoms with Crippen LogP contribution in [0.4, 0.5) is 0 Å². The van der Waals surface area contributed by atoms with E-state index in [2.05, 4.69) is 5.32 Å². The van der Waals surface area contributed by atoms with E-state index < -0.39 is 12.0 Å². The van der Waals surface area contributed by atoms with Crippen LogP contribution in [0.5, 0.6) is 0 Å². The van der Waals surface area contributed by atoms with Gasteiger partial charge in [-0.15, -0.1) is 0 Å². The van der Waals surface area contributed by atoms with Gasteiger partial charge in [0.2, 0.25) is 0 Å². The van der Waals surface area contributed by atoms with Crippen LogP contribution in [-0.4, -0.2) is 43.1 Å². The zero-order chi connectivity index (χ0) is 8.27. The number of hydrogen-bond acceptors (Lipinski definition) is 3. The second-order valence-electron chi connectivity index (χ2n) is 2.78. The highest BCUT2D eigenvalue weighted by Gasteiger charge is 2.22. The molecule has 1 aliphatic rings. The highest BCUT2D eigenvalue weighted by atomic mass is 16.4. The van der Waals surface area contributed by atoms with Gasteiger partial charge in [-0.2, -0.15) is 0 Å². The lowest BCUT2D eigenvalue weighted by atomic mass is 10.2. The zero-order valence-corrected chi connectivity index (χ0v) is 6.67. The van der Waals surface area contributed by atoms with Crippen molar-refractivity contribution >= 4 is 5.97 Å². The number of nitrogens with zero attached hydrogens (tertiary/aromatic N) is 1. The number of carbonyl (C=O) groups excluding carboxylic acids is 1. The summed E-state index contributed by atoms with van der Waals surface area (Å²) in [7, 11) is 0. The van der Waals surface area contributed by atoms with Gasteiger partial charge >= 0.3 is 5.97 Å². The number of carbonyl (C=O) groups is 1. The Balaban J connectivity index is 2.38.